The molecule has 114 valence electrons. The van der Waals surface area contributed by atoms with E-state index in [1.54, 1.807) is 48.8 Å². The van der Waals surface area contributed by atoms with Gasteiger partial charge in [0.1, 0.15) is 12.4 Å². The van der Waals surface area contributed by atoms with Crippen LogP contribution in [0.4, 0.5) is 5.69 Å². The first-order valence-electron chi connectivity index (χ1n) is 7.29. The number of carbonyl (C=O) groups is 1. The Morgan fingerprint density at radius 1 is 0.957 bits per heavy atom. The largest absolute Gasteiger partial charge is 0.489 e. The van der Waals surface area contributed by atoms with E-state index in [0.717, 1.165) is 11.3 Å². The molecule has 0 atom stereocenters. The molecule has 0 unspecified atom stereocenters. The van der Waals surface area contributed by atoms with Crippen LogP contribution in [0.5, 0.6) is 5.75 Å². The summed E-state index contributed by atoms with van der Waals surface area (Å²) in [6.07, 6.45) is 3.27. The van der Waals surface area contributed by atoms with Gasteiger partial charge in [-0.05, 0) is 42.0 Å². The molecule has 23 heavy (non-hydrogen) atoms. The van der Waals surface area contributed by atoms with E-state index in [2.05, 4.69) is 10.3 Å². The minimum Gasteiger partial charge on any atom is -0.489 e. The molecule has 1 N–H and O–H groups in total. The van der Waals surface area contributed by atoms with Crippen molar-refractivity contribution in [3.8, 4) is 5.75 Å². The molecular weight excluding hydrogens is 288 g/mol. The predicted octanol–water partition coefficient (Wildman–Crippen LogP) is 3.91. The number of nitrogens with zero attached hydrogens (tertiary/aromatic N) is 1. The number of ether oxygens (including phenoxy) is 1. The van der Waals surface area contributed by atoms with Gasteiger partial charge in [-0.15, -0.1) is 0 Å². The highest BCUT2D eigenvalue weighted by atomic mass is 16.5. The first-order chi connectivity index (χ1) is 11.3. The van der Waals surface area contributed by atoms with Crippen molar-refractivity contribution in [2.24, 2.45) is 0 Å². The van der Waals surface area contributed by atoms with Gasteiger partial charge in [0.25, 0.3) is 5.91 Å². The maximum atomic E-state index is 12.1. The molecule has 0 spiro atoms. The maximum Gasteiger partial charge on any atom is 0.255 e. The third-order valence-corrected chi connectivity index (χ3v) is 3.28. The molecule has 0 radical (unpaired) electrons. The summed E-state index contributed by atoms with van der Waals surface area (Å²) in [5.41, 5.74) is 2.34. The third kappa shape index (κ3) is 4.17. The smallest absolute Gasteiger partial charge is 0.255 e. The summed E-state index contributed by atoms with van der Waals surface area (Å²) >= 11 is 0. The second-order valence-electron chi connectivity index (χ2n) is 4.99. The van der Waals surface area contributed by atoms with Crippen molar-refractivity contribution in [1.29, 1.82) is 0 Å². The van der Waals surface area contributed by atoms with Crippen molar-refractivity contribution in [2.45, 2.75) is 6.61 Å². The fourth-order valence-electron chi connectivity index (χ4n) is 2.08. The van der Waals surface area contributed by atoms with Gasteiger partial charge in [0.15, 0.2) is 0 Å². The van der Waals surface area contributed by atoms with Gasteiger partial charge < -0.3 is 10.1 Å². The van der Waals surface area contributed by atoms with E-state index in [1.807, 2.05) is 30.3 Å². The van der Waals surface area contributed by atoms with Gasteiger partial charge in [0.05, 0.1) is 11.9 Å². The number of aromatic nitrogens is 1. The lowest BCUT2D eigenvalue weighted by molar-refractivity contribution is 0.102. The molecule has 0 fully saturated rings. The van der Waals surface area contributed by atoms with Gasteiger partial charge in [-0.25, -0.2) is 0 Å². The van der Waals surface area contributed by atoms with Gasteiger partial charge in [-0.3, -0.25) is 9.78 Å². The van der Waals surface area contributed by atoms with E-state index >= 15 is 0 Å². The van der Waals surface area contributed by atoms with E-state index in [4.69, 9.17) is 4.74 Å². The van der Waals surface area contributed by atoms with Crippen molar-refractivity contribution in [1.82, 2.24) is 4.98 Å². The lowest BCUT2D eigenvalue weighted by atomic mass is 10.2. The summed E-state index contributed by atoms with van der Waals surface area (Å²) in [6, 6.07) is 20.6. The number of benzene rings is 2. The van der Waals surface area contributed by atoms with Crippen LogP contribution < -0.4 is 10.1 Å². The van der Waals surface area contributed by atoms with Crippen molar-refractivity contribution in [2.75, 3.05) is 5.32 Å². The van der Waals surface area contributed by atoms with Crippen LogP contribution in [0.25, 0.3) is 0 Å². The van der Waals surface area contributed by atoms with Crippen LogP contribution in [-0.2, 0) is 6.61 Å². The number of amides is 1. The van der Waals surface area contributed by atoms with E-state index < -0.39 is 0 Å². The molecule has 0 saturated heterocycles. The van der Waals surface area contributed by atoms with E-state index in [1.165, 1.54) is 0 Å². The van der Waals surface area contributed by atoms with Gasteiger partial charge in [0.2, 0.25) is 0 Å². The molecule has 0 aliphatic carbocycles. The molecule has 2 aromatic carbocycles. The highest BCUT2D eigenvalue weighted by Crippen LogP contribution is 2.15. The van der Waals surface area contributed by atoms with Crippen molar-refractivity contribution < 1.29 is 9.53 Å². The summed E-state index contributed by atoms with van der Waals surface area (Å²) < 4.78 is 5.70. The molecule has 1 amide bonds. The maximum absolute atomic E-state index is 12.1. The summed E-state index contributed by atoms with van der Waals surface area (Å²) in [7, 11) is 0. The van der Waals surface area contributed by atoms with Gasteiger partial charge in [-0.1, -0.05) is 30.3 Å². The first-order valence-corrected chi connectivity index (χ1v) is 7.29. The molecule has 3 aromatic rings. The second-order valence-corrected chi connectivity index (χ2v) is 4.99. The zero-order chi connectivity index (χ0) is 15.9. The Morgan fingerprint density at radius 2 is 1.74 bits per heavy atom. The lowest BCUT2D eigenvalue weighted by Crippen LogP contribution is -2.11. The van der Waals surface area contributed by atoms with Crippen LogP contribution in [-0.4, -0.2) is 10.9 Å². The number of rotatable bonds is 5. The molecule has 0 aliphatic rings. The van der Waals surface area contributed by atoms with Crippen LogP contribution in [0.2, 0.25) is 0 Å². The van der Waals surface area contributed by atoms with Gasteiger partial charge >= 0.3 is 0 Å². The molecular formula is C19H16N2O2. The van der Waals surface area contributed by atoms with Gasteiger partial charge in [-0.2, -0.15) is 0 Å². The van der Waals surface area contributed by atoms with E-state index in [0.29, 0.717) is 17.9 Å². The summed E-state index contributed by atoms with van der Waals surface area (Å²) in [5.74, 6) is 0.555. The molecule has 0 aliphatic heterocycles. The Morgan fingerprint density at radius 3 is 2.43 bits per heavy atom. The summed E-state index contributed by atoms with van der Waals surface area (Å²) in [4.78, 5) is 16.1. The molecule has 3 rings (SSSR count). The Hall–Kier alpha value is -3.14. The molecule has 0 bridgehead atoms. The average molecular weight is 304 g/mol. The minimum absolute atomic E-state index is 0.174. The molecule has 4 nitrogen and oxygen atoms in total. The van der Waals surface area contributed by atoms with Crippen LogP contribution in [0.15, 0.2) is 79.1 Å². The van der Waals surface area contributed by atoms with Crippen LogP contribution in [0.3, 0.4) is 0 Å². The van der Waals surface area contributed by atoms with E-state index in [9.17, 15) is 4.79 Å². The second kappa shape index (κ2) is 7.22. The Bertz CT molecular complexity index is 756. The highest BCUT2D eigenvalue weighted by molar-refractivity contribution is 6.04. The summed E-state index contributed by atoms with van der Waals surface area (Å²) in [5, 5.41) is 2.79. The number of hydrogen-bond donors (Lipinski definition) is 1. The predicted molar refractivity (Wildman–Crippen MR) is 89.4 cm³/mol. The van der Waals surface area contributed by atoms with Crippen LogP contribution in [0.1, 0.15) is 15.9 Å². The van der Waals surface area contributed by atoms with Crippen molar-refractivity contribution >= 4 is 11.6 Å². The van der Waals surface area contributed by atoms with Crippen molar-refractivity contribution in [3.63, 3.8) is 0 Å². The van der Waals surface area contributed by atoms with Crippen molar-refractivity contribution in [3.05, 3.63) is 90.3 Å². The average Bonchev–Trinajstić information content (AvgIpc) is 2.62. The normalized spacial score (nSPS) is 10.1. The fraction of sp³-hybridized carbons (Fsp3) is 0.0526. The Labute approximate surface area is 134 Å². The first kappa shape index (κ1) is 14.8. The number of anilines is 1. The Balaban J connectivity index is 1.59. The quantitative estimate of drug-likeness (QED) is 0.777. The number of carbonyl (C=O) groups excluding carboxylic acids is 1. The Kier molecular flexibility index (Phi) is 4.64. The van der Waals surface area contributed by atoms with Gasteiger partial charge in [0, 0.05) is 11.8 Å². The number of nitrogens with one attached hydrogen (secondary N) is 1. The molecule has 1 heterocycles. The zero-order valence-corrected chi connectivity index (χ0v) is 12.5. The number of pyridine rings is 1. The molecule has 4 heteroatoms. The topological polar surface area (TPSA) is 51.2 Å². The SMILES string of the molecule is O=C(Nc1cccnc1)c1ccc(OCc2ccccc2)cc1. The lowest BCUT2D eigenvalue weighted by Gasteiger charge is -2.08. The minimum atomic E-state index is -0.174. The third-order valence-electron chi connectivity index (χ3n) is 3.28. The molecule has 1 aromatic heterocycles. The monoisotopic (exact) mass is 304 g/mol. The van der Waals surface area contributed by atoms with Crippen LogP contribution in [0, 0.1) is 0 Å². The van der Waals surface area contributed by atoms with Crippen LogP contribution >= 0.6 is 0 Å². The zero-order valence-electron chi connectivity index (χ0n) is 12.5. The highest BCUT2D eigenvalue weighted by Gasteiger charge is 2.06. The number of hydrogen-bond acceptors (Lipinski definition) is 3. The fourth-order valence-corrected chi connectivity index (χ4v) is 2.08. The molecule has 0 saturated carbocycles. The van der Waals surface area contributed by atoms with E-state index in [-0.39, 0.29) is 5.91 Å². The summed E-state index contributed by atoms with van der Waals surface area (Å²) in [6.45, 7) is 0.502. The standard InChI is InChI=1S/C19H16N2O2/c22-19(21-17-7-4-12-20-13-17)16-8-10-18(11-9-16)23-14-15-5-2-1-3-6-15/h1-13H,14H2,(H,21,22).